The van der Waals surface area contributed by atoms with Crippen LogP contribution in [0, 0.1) is 0 Å². The minimum Gasteiger partial charge on any atom is -0.457 e. The van der Waals surface area contributed by atoms with Gasteiger partial charge in [0.15, 0.2) is 6.29 Å². The van der Waals surface area contributed by atoms with Gasteiger partial charge in [0.1, 0.15) is 30.5 Å². The van der Waals surface area contributed by atoms with Crippen LogP contribution in [0.5, 0.6) is 0 Å². The molecule has 0 aromatic carbocycles. The molecule has 0 spiro atoms. The second kappa shape index (κ2) is 35.0. The predicted octanol–water partition coefficient (Wildman–Crippen LogP) is 8.41. The lowest BCUT2D eigenvalue weighted by molar-refractivity contribution is -0.301. The third-order valence-electron chi connectivity index (χ3n) is 9.47. The molecule has 1 rings (SSSR count). The van der Waals surface area contributed by atoms with Crippen LogP contribution in [-0.2, 0) is 38.3 Å². The monoisotopic (exact) mass is 817 g/mol. The van der Waals surface area contributed by atoms with Gasteiger partial charge in [-0.2, -0.15) is 8.42 Å². The summed E-state index contributed by atoms with van der Waals surface area (Å²) in [6.45, 7) is 3.72. The van der Waals surface area contributed by atoms with Gasteiger partial charge in [0.05, 0.1) is 19.8 Å². The first-order valence-electron chi connectivity index (χ1n) is 21.4. The summed E-state index contributed by atoms with van der Waals surface area (Å²) < 4.78 is 58.8. The number of carbonyl (C=O) groups excluding carboxylic acids is 1. The standard InChI is InChI=1S/C43H76O12S/c1-3-5-7-9-11-13-15-17-19-20-22-24-26-28-30-32-39(45)53-37(35-51-33-31-29-27-25-23-21-18-16-14-12-10-8-6-4-2)36-52-43-41(47)42(55-56(48,49)50)40(46)38(34-44)54-43/h6,8,12,14,18,21,25,27,37-38,40-44,46-47H,3-5,7,9-11,13,15-17,19-20,22-24,26,28-36H2,1-2H3,(H,48,49,50)/b8-6-,14-12-,21-18-,27-25-. The Morgan fingerprint density at radius 2 is 1.21 bits per heavy atom. The quantitative estimate of drug-likeness (QED) is 0.0206. The number of carbonyl (C=O) groups is 1. The van der Waals surface area contributed by atoms with Crippen LogP contribution in [0.25, 0.3) is 0 Å². The number of aliphatic hydroxyl groups is 3. The van der Waals surface area contributed by atoms with E-state index in [9.17, 15) is 28.5 Å². The molecule has 13 heteroatoms. The van der Waals surface area contributed by atoms with Crippen LogP contribution in [0.3, 0.4) is 0 Å². The van der Waals surface area contributed by atoms with Gasteiger partial charge in [-0.05, 0) is 44.9 Å². The third-order valence-corrected chi connectivity index (χ3v) is 9.93. The van der Waals surface area contributed by atoms with Gasteiger partial charge in [-0.15, -0.1) is 0 Å². The molecule has 1 fully saturated rings. The normalized spacial score (nSPS) is 21.3. The highest BCUT2D eigenvalue weighted by atomic mass is 32.3. The maximum absolute atomic E-state index is 12.8. The van der Waals surface area contributed by atoms with Crippen molar-refractivity contribution >= 4 is 16.4 Å². The molecule has 0 amide bonds. The fraction of sp³-hybridized carbons (Fsp3) is 0.791. The molecule has 1 aliphatic heterocycles. The van der Waals surface area contributed by atoms with E-state index in [-0.39, 0.29) is 19.6 Å². The number of hydrogen-bond acceptors (Lipinski definition) is 11. The van der Waals surface area contributed by atoms with E-state index in [1.54, 1.807) is 0 Å². The Morgan fingerprint density at radius 3 is 1.73 bits per heavy atom. The first-order valence-corrected chi connectivity index (χ1v) is 22.8. The summed E-state index contributed by atoms with van der Waals surface area (Å²) in [5.41, 5.74) is 0. The van der Waals surface area contributed by atoms with Crippen molar-refractivity contribution in [3.05, 3.63) is 48.6 Å². The molecule has 56 heavy (non-hydrogen) atoms. The average molecular weight is 817 g/mol. The Balaban J connectivity index is 2.50. The number of hydrogen-bond donors (Lipinski definition) is 4. The highest BCUT2D eigenvalue weighted by Gasteiger charge is 2.48. The smallest absolute Gasteiger partial charge is 0.397 e. The minimum atomic E-state index is -5.07. The average Bonchev–Trinajstić information content (AvgIpc) is 3.17. The van der Waals surface area contributed by atoms with Crippen molar-refractivity contribution in [1.82, 2.24) is 0 Å². The molecule has 6 atom stereocenters. The zero-order chi connectivity index (χ0) is 41.1. The lowest BCUT2D eigenvalue weighted by Crippen LogP contribution is -2.60. The summed E-state index contributed by atoms with van der Waals surface area (Å²) in [6, 6.07) is 0. The topological polar surface area (TPSA) is 178 Å². The van der Waals surface area contributed by atoms with Crippen LogP contribution < -0.4 is 0 Å². The lowest BCUT2D eigenvalue weighted by atomic mass is 9.99. The summed E-state index contributed by atoms with van der Waals surface area (Å²) in [4.78, 5) is 12.8. The van der Waals surface area contributed by atoms with Crippen LogP contribution in [0.1, 0.15) is 155 Å². The van der Waals surface area contributed by atoms with E-state index in [2.05, 4.69) is 66.6 Å². The van der Waals surface area contributed by atoms with Gasteiger partial charge in [-0.3, -0.25) is 9.35 Å². The largest absolute Gasteiger partial charge is 0.457 e. The van der Waals surface area contributed by atoms with Gasteiger partial charge in [-0.1, -0.05) is 152 Å². The molecule has 0 aromatic heterocycles. The van der Waals surface area contributed by atoms with Crippen molar-refractivity contribution in [2.24, 2.45) is 0 Å². The molecule has 0 aliphatic carbocycles. The van der Waals surface area contributed by atoms with E-state index in [4.69, 9.17) is 23.5 Å². The zero-order valence-electron chi connectivity index (χ0n) is 34.4. The summed E-state index contributed by atoms with van der Waals surface area (Å²) >= 11 is 0. The van der Waals surface area contributed by atoms with Crippen LogP contribution in [0.2, 0.25) is 0 Å². The van der Waals surface area contributed by atoms with Gasteiger partial charge in [-0.25, -0.2) is 4.18 Å². The Morgan fingerprint density at radius 1 is 0.696 bits per heavy atom. The van der Waals surface area contributed by atoms with Crippen molar-refractivity contribution in [1.29, 1.82) is 0 Å². The van der Waals surface area contributed by atoms with Crippen molar-refractivity contribution in [2.45, 2.75) is 192 Å². The van der Waals surface area contributed by atoms with Gasteiger partial charge in [0.25, 0.3) is 0 Å². The van der Waals surface area contributed by atoms with Gasteiger partial charge in [0.2, 0.25) is 0 Å². The lowest BCUT2D eigenvalue weighted by Gasteiger charge is -2.41. The number of aliphatic hydroxyl groups excluding tert-OH is 3. The molecule has 0 aromatic rings. The second-order valence-corrected chi connectivity index (χ2v) is 15.6. The molecule has 6 unspecified atom stereocenters. The zero-order valence-corrected chi connectivity index (χ0v) is 35.2. The maximum atomic E-state index is 12.8. The summed E-state index contributed by atoms with van der Waals surface area (Å²) in [7, 11) is -5.07. The van der Waals surface area contributed by atoms with E-state index in [0.29, 0.717) is 13.0 Å². The minimum absolute atomic E-state index is 0.00137. The van der Waals surface area contributed by atoms with Crippen LogP contribution >= 0.6 is 0 Å². The molecule has 12 nitrogen and oxygen atoms in total. The number of rotatable bonds is 36. The van der Waals surface area contributed by atoms with Gasteiger partial charge >= 0.3 is 16.4 Å². The van der Waals surface area contributed by atoms with Crippen molar-refractivity contribution in [3.63, 3.8) is 0 Å². The van der Waals surface area contributed by atoms with E-state index in [1.807, 2.05) is 0 Å². The highest BCUT2D eigenvalue weighted by molar-refractivity contribution is 7.80. The Kier molecular flexibility index (Phi) is 32.6. The Labute approximate surface area is 338 Å². The third kappa shape index (κ3) is 28.5. The summed E-state index contributed by atoms with van der Waals surface area (Å²) in [5.74, 6) is -0.418. The predicted molar refractivity (Wildman–Crippen MR) is 220 cm³/mol. The number of ether oxygens (including phenoxy) is 4. The molecule has 326 valence electrons. The molecular formula is C43H76O12S. The van der Waals surface area contributed by atoms with Crippen molar-refractivity contribution < 1.29 is 56.2 Å². The molecule has 0 saturated carbocycles. The number of allylic oxidation sites excluding steroid dienone is 8. The molecule has 1 heterocycles. The Bertz CT molecular complexity index is 1170. The Hall–Kier alpha value is -1.94. The van der Waals surface area contributed by atoms with E-state index in [0.717, 1.165) is 57.8 Å². The second-order valence-electron chi connectivity index (χ2n) is 14.6. The van der Waals surface area contributed by atoms with Crippen LogP contribution in [0.15, 0.2) is 48.6 Å². The van der Waals surface area contributed by atoms with E-state index in [1.165, 1.54) is 70.6 Å². The number of esters is 1. The van der Waals surface area contributed by atoms with Crippen molar-refractivity contribution in [2.75, 3.05) is 26.4 Å². The molecule has 1 saturated heterocycles. The maximum Gasteiger partial charge on any atom is 0.397 e. The molecule has 4 N–H and O–H groups in total. The molecule has 0 radical (unpaired) electrons. The fourth-order valence-electron chi connectivity index (χ4n) is 6.26. The number of unbranched alkanes of at least 4 members (excludes halogenated alkanes) is 15. The molecular weight excluding hydrogens is 741 g/mol. The highest BCUT2D eigenvalue weighted by Crippen LogP contribution is 2.26. The van der Waals surface area contributed by atoms with Gasteiger partial charge < -0.3 is 34.3 Å². The van der Waals surface area contributed by atoms with E-state index < -0.39 is 59.8 Å². The molecule has 0 bridgehead atoms. The van der Waals surface area contributed by atoms with Gasteiger partial charge in [0, 0.05) is 13.0 Å². The molecule has 1 aliphatic rings. The van der Waals surface area contributed by atoms with Crippen LogP contribution in [-0.4, -0.2) is 97.5 Å². The first kappa shape index (κ1) is 52.1. The summed E-state index contributed by atoms with van der Waals surface area (Å²) in [6.07, 6.45) is 31.6. The SMILES string of the molecule is CC/C=C\C/C=C\C/C=C\C/C=C\CCCOCC(COC1OC(CO)C(O)C(OS(=O)(=O)O)C1O)OC(=O)CCCCCCCCCCCCCCCCC. The van der Waals surface area contributed by atoms with Crippen molar-refractivity contribution in [3.8, 4) is 0 Å². The van der Waals surface area contributed by atoms with E-state index >= 15 is 0 Å². The van der Waals surface area contributed by atoms with Crippen LogP contribution in [0.4, 0.5) is 0 Å². The first-order chi connectivity index (χ1) is 27.1. The summed E-state index contributed by atoms with van der Waals surface area (Å²) in [5, 5.41) is 30.6. The fourth-order valence-corrected chi connectivity index (χ4v) is 6.77.